The Morgan fingerprint density at radius 2 is 1.41 bits per heavy atom. The van der Waals surface area contributed by atoms with Crippen LogP contribution in [0.4, 0.5) is 17.1 Å². The number of hydrogen-bond donors (Lipinski definition) is 4. The van der Waals surface area contributed by atoms with Gasteiger partial charge in [0.25, 0.3) is 11.8 Å². The zero-order chi connectivity index (χ0) is 41.2. The van der Waals surface area contributed by atoms with Crippen LogP contribution in [0.2, 0.25) is 0 Å². The first-order chi connectivity index (χ1) is 27.9. The van der Waals surface area contributed by atoms with E-state index in [0.29, 0.717) is 37.8 Å². The first-order valence-corrected chi connectivity index (χ1v) is 21.1. The largest absolute Gasteiger partial charge is 0.481 e. The van der Waals surface area contributed by atoms with Crippen molar-refractivity contribution >= 4 is 50.8 Å². The minimum atomic E-state index is -4.10. The second kappa shape index (κ2) is 19.2. The lowest BCUT2D eigenvalue weighted by Crippen LogP contribution is -2.44. The molecule has 2 aliphatic rings. The number of anilines is 3. The average molecular weight is 811 g/mol. The summed E-state index contributed by atoms with van der Waals surface area (Å²) in [6, 6.07) is 25.0. The van der Waals surface area contributed by atoms with Gasteiger partial charge in [-0.2, -0.15) is 4.31 Å². The van der Waals surface area contributed by atoms with Gasteiger partial charge < -0.3 is 30.5 Å². The monoisotopic (exact) mass is 810 g/mol. The molecule has 4 aromatic rings. The van der Waals surface area contributed by atoms with Gasteiger partial charge in [-0.15, -0.1) is 0 Å². The van der Waals surface area contributed by atoms with Gasteiger partial charge in [0.1, 0.15) is 0 Å². The summed E-state index contributed by atoms with van der Waals surface area (Å²) in [6.07, 6.45) is 6.17. The molecule has 306 valence electrons. The number of carboxylic acid groups (broad SMARTS) is 2. The van der Waals surface area contributed by atoms with E-state index >= 15 is 0 Å². The lowest BCUT2D eigenvalue weighted by Gasteiger charge is -2.35. The van der Waals surface area contributed by atoms with Gasteiger partial charge in [0.05, 0.1) is 34.2 Å². The van der Waals surface area contributed by atoms with Crippen molar-refractivity contribution < 1.29 is 42.5 Å². The van der Waals surface area contributed by atoms with Crippen LogP contribution in [0.3, 0.4) is 0 Å². The molecule has 0 aromatic heterocycles. The fourth-order valence-corrected chi connectivity index (χ4v) is 9.37. The van der Waals surface area contributed by atoms with E-state index in [1.165, 1.54) is 35.7 Å². The average Bonchev–Trinajstić information content (AvgIpc) is 3.24. The maximum absolute atomic E-state index is 14.1. The summed E-state index contributed by atoms with van der Waals surface area (Å²) in [5.41, 5.74) is 4.31. The maximum atomic E-state index is 14.1. The van der Waals surface area contributed by atoms with Gasteiger partial charge in [0.15, 0.2) is 0 Å². The fourth-order valence-electron chi connectivity index (χ4n) is 7.65. The highest BCUT2D eigenvalue weighted by Gasteiger charge is 2.36. The molecule has 13 nitrogen and oxygen atoms in total. The molecule has 4 aromatic carbocycles. The molecule has 0 bridgehead atoms. The fraction of sp³-hybridized carbons (Fsp3) is 0.364. The third-order valence-corrected chi connectivity index (χ3v) is 13.0. The Labute approximate surface area is 339 Å². The first kappa shape index (κ1) is 42.0. The molecular weight excluding hydrogens is 761 g/mol. The molecule has 1 aliphatic carbocycles. The van der Waals surface area contributed by atoms with Gasteiger partial charge in [0.2, 0.25) is 10.0 Å². The molecule has 4 N–H and O–H groups in total. The number of carboxylic acids is 2. The van der Waals surface area contributed by atoms with E-state index in [-0.39, 0.29) is 40.4 Å². The number of sulfonamides is 1. The summed E-state index contributed by atoms with van der Waals surface area (Å²) in [7, 11) is -2.62. The summed E-state index contributed by atoms with van der Waals surface area (Å²) in [5.74, 6) is -3.37. The van der Waals surface area contributed by atoms with Gasteiger partial charge >= 0.3 is 11.9 Å². The Morgan fingerprint density at radius 1 is 0.759 bits per heavy atom. The molecule has 2 fully saturated rings. The quantitative estimate of drug-likeness (QED) is 0.0925. The Balaban J connectivity index is 1.19. The van der Waals surface area contributed by atoms with Crippen molar-refractivity contribution in [1.82, 2.24) is 4.31 Å². The number of piperidine rings is 1. The number of amides is 2. The van der Waals surface area contributed by atoms with Crippen LogP contribution in [0, 0.1) is 5.92 Å². The van der Waals surface area contributed by atoms with Gasteiger partial charge in [0, 0.05) is 49.7 Å². The highest BCUT2D eigenvalue weighted by Crippen LogP contribution is 2.32. The number of nitrogens with zero attached hydrogens (tertiary/aromatic N) is 2. The van der Waals surface area contributed by atoms with Gasteiger partial charge in [-0.05, 0) is 130 Å². The van der Waals surface area contributed by atoms with Crippen molar-refractivity contribution in [2.45, 2.75) is 68.7 Å². The van der Waals surface area contributed by atoms with E-state index in [2.05, 4.69) is 15.5 Å². The zero-order valence-corrected chi connectivity index (χ0v) is 33.4. The van der Waals surface area contributed by atoms with Crippen LogP contribution in [0.1, 0.15) is 87.1 Å². The Bertz CT molecular complexity index is 2200. The maximum Gasteiger partial charge on any atom is 0.335 e. The Kier molecular flexibility index (Phi) is 14.0. The summed E-state index contributed by atoms with van der Waals surface area (Å²) in [5, 5.41) is 24.4. The number of benzene rings is 4. The van der Waals surface area contributed by atoms with Crippen LogP contribution in [0.5, 0.6) is 0 Å². The second-order valence-corrected chi connectivity index (χ2v) is 16.8. The molecule has 58 heavy (non-hydrogen) atoms. The molecule has 0 spiro atoms. The van der Waals surface area contributed by atoms with E-state index in [1.54, 1.807) is 24.3 Å². The van der Waals surface area contributed by atoms with E-state index in [4.69, 9.17) is 9.84 Å². The summed E-state index contributed by atoms with van der Waals surface area (Å²) >= 11 is 0. The van der Waals surface area contributed by atoms with Crippen molar-refractivity contribution in [2.75, 3.05) is 48.9 Å². The Morgan fingerprint density at radius 3 is 2.03 bits per heavy atom. The SMILES string of the molecule is COCCN(C1CCC(C(=O)O)CC1)S(=O)(=O)c1cccc(C(=O)Nc2ccc(N3CCCCC3)cc2C(=O)Nc2ccc(CCc3ccc(C(=O)O)cc3)cc2)c1. The van der Waals surface area contributed by atoms with Crippen LogP contribution in [0.25, 0.3) is 0 Å². The normalized spacial score (nSPS) is 17.1. The molecule has 0 atom stereocenters. The molecule has 0 radical (unpaired) electrons. The van der Waals surface area contributed by atoms with Gasteiger partial charge in [-0.3, -0.25) is 14.4 Å². The number of nitrogens with one attached hydrogen (secondary N) is 2. The van der Waals surface area contributed by atoms with Crippen LogP contribution >= 0.6 is 0 Å². The van der Waals surface area contributed by atoms with Crippen molar-refractivity contribution in [1.29, 1.82) is 0 Å². The smallest absolute Gasteiger partial charge is 0.335 e. The number of aryl methyl sites for hydroxylation is 2. The first-order valence-electron chi connectivity index (χ1n) is 19.7. The molecule has 6 rings (SSSR count). The van der Waals surface area contributed by atoms with Crippen LogP contribution in [-0.4, -0.2) is 86.1 Å². The van der Waals surface area contributed by atoms with Crippen molar-refractivity contribution in [3.63, 3.8) is 0 Å². The predicted octanol–water partition coefficient (Wildman–Crippen LogP) is 6.95. The number of methoxy groups -OCH3 is 1. The number of ether oxygens (including phenoxy) is 1. The van der Waals surface area contributed by atoms with E-state index in [0.717, 1.165) is 55.6 Å². The van der Waals surface area contributed by atoms with E-state index < -0.39 is 45.7 Å². The van der Waals surface area contributed by atoms with Crippen molar-refractivity contribution in [3.05, 3.63) is 119 Å². The third kappa shape index (κ3) is 10.5. The summed E-state index contributed by atoms with van der Waals surface area (Å²) < 4.78 is 34.8. The molecule has 2 amide bonds. The molecule has 14 heteroatoms. The lowest BCUT2D eigenvalue weighted by atomic mass is 9.86. The molecule has 1 saturated heterocycles. The number of carbonyl (C=O) groups is 4. The van der Waals surface area contributed by atoms with Crippen molar-refractivity contribution in [3.8, 4) is 0 Å². The minimum Gasteiger partial charge on any atom is -0.481 e. The van der Waals surface area contributed by atoms with E-state index in [9.17, 15) is 32.7 Å². The summed E-state index contributed by atoms with van der Waals surface area (Å²) in [6.45, 7) is 1.92. The second-order valence-electron chi connectivity index (χ2n) is 14.9. The topological polar surface area (TPSA) is 183 Å². The predicted molar refractivity (Wildman–Crippen MR) is 221 cm³/mol. The van der Waals surface area contributed by atoms with Gasteiger partial charge in [-0.1, -0.05) is 30.3 Å². The van der Waals surface area contributed by atoms with E-state index in [1.807, 2.05) is 42.5 Å². The van der Waals surface area contributed by atoms with Crippen molar-refractivity contribution in [2.24, 2.45) is 5.92 Å². The number of hydrogen-bond acceptors (Lipinski definition) is 8. The molecule has 0 unspecified atom stereocenters. The number of aromatic carboxylic acids is 1. The standard InChI is InChI=1S/C44H50N4O9S/c1-57-27-26-48(36-20-16-33(17-21-36)44(53)54)58(55,56)38-7-5-6-34(28-38)41(49)46-40-23-22-37(47-24-3-2-4-25-47)29-39(40)42(50)45-35-18-12-31(13-19-35)9-8-30-10-14-32(15-11-30)43(51)52/h5-7,10-15,18-19,22-23,28-29,33,36H,2-4,8-9,16-17,20-21,24-27H2,1H3,(H,45,50)(H,46,49)(H,51,52)(H,53,54). The van der Waals surface area contributed by atoms with Gasteiger partial charge in [-0.25, -0.2) is 13.2 Å². The minimum absolute atomic E-state index is 0.0745. The summed E-state index contributed by atoms with van der Waals surface area (Å²) in [4.78, 5) is 52.7. The lowest BCUT2D eigenvalue weighted by molar-refractivity contribution is -0.143. The third-order valence-electron chi connectivity index (χ3n) is 11.0. The molecule has 1 aliphatic heterocycles. The molecule has 1 saturated carbocycles. The van der Waals surface area contributed by atoms with Crippen LogP contribution in [-0.2, 0) is 32.4 Å². The number of aliphatic carboxylic acids is 1. The zero-order valence-electron chi connectivity index (χ0n) is 32.6. The van der Waals surface area contributed by atoms with Crippen LogP contribution in [0.15, 0.2) is 95.9 Å². The molecular formula is C44H50N4O9S. The number of carbonyl (C=O) groups excluding carboxylic acids is 2. The highest BCUT2D eigenvalue weighted by atomic mass is 32.2. The number of rotatable bonds is 16. The Hall–Kier alpha value is -5.57. The highest BCUT2D eigenvalue weighted by molar-refractivity contribution is 7.89. The molecule has 1 heterocycles. The van der Waals surface area contributed by atoms with Crippen LogP contribution < -0.4 is 15.5 Å².